The van der Waals surface area contributed by atoms with E-state index in [9.17, 15) is 23.9 Å². The van der Waals surface area contributed by atoms with E-state index in [0.29, 0.717) is 17.5 Å². The number of nitrogens with one attached hydrogen (secondary N) is 1. The number of nitrogens with zero attached hydrogens (tertiary/aromatic N) is 1. The van der Waals surface area contributed by atoms with Crippen LogP contribution in [0.15, 0.2) is 40.1 Å². The minimum atomic E-state index is -0.948. The Kier molecular flexibility index (Phi) is 6.52. The molecular weight excluding hydrogens is 415 g/mol. The van der Waals surface area contributed by atoms with Gasteiger partial charge < -0.3 is 19.4 Å². The fraction of sp³-hybridized carbons (Fsp3) is 0.375. The summed E-state index contributed by atoms with van der Waals surface area (Å²) in [5.74, 6) is -1.94. The van der Waals surface area contributed by atoms with Gasteiger partial charge >= 0.3 is 5.97 Å². The molecular formula is C24H27FN2O5. The number of hydrogen-bond donors (Lipinski definition) is 2. The van der Waals surface area contributed by atoms with Gasteiger partial charge in [0.1, 0.15) is 16.9 Å². The third-order valence-corrected chi connectivity index (χ3v) is 5.67. The van der Waals surface area contributed by atoms with Gasteiger partial charge in [-0.25, -0.2) is 9.18 Å². The normalized spacial score (nSPS) is 11.7. The summed E-state index contributed by atoms with van der Waals surface area (Å²) in [6.45, 7) is 7.64. The highest BCUT2D eigenvalue weighted by molar-refractivity contribution is 5.98. The van der Waals surface area contributed by atoms with E-state index in [2.05, 4.69) is 4.98 Å². The monoisotopic (exact) mass is 442 g/mol. The molecule has 0 amide bonds. The molecule has 7 nitrogen and oxygen atoms in total. The molecule has 0 bridgehead atoms. The average Bonchev–Trinajstić information content (AvgIpc) is 2.74. The Morgan fingerprint density at radius 1 is 1.19 bits per heavy atom. The van der Waals surface area contributed by atoms with Gasteiger partial charge in [0.05, 0.1) is 6.61 Å². The maximum Gasteiger partial charge on any atom is 0.347 e. The third-order valence-electron chi connectivity index (χ3n) is 5.67. The number of halogens is 1. The van der Waals surface area contributed by atoms with Crippen LogP contribution >= 0.6 is 0 Å². The predicted octanol–water partition coefficient (Wildman–Crippen LogP) is 3.74. The fourth-order valence-corrected chi connectivity index (χ4v) is 3.49. The van der Waals surface area contributed by atoms with Gasteiger partial charge in [-0.15, -0.1) is 0 Å². The summed E-state index contributed by atoms with van der Waals surface area (Å²) in [6.07, 6.45) is 2.35. The number of ether oxygens (including phenoxy) is 1. The molecule has 32 heavy (non-hydrogen) atoms. The molecule has 2 aromatic heterocycles. The first kappa shape index (κ1) is 23.2. The van der Waals surface area contributed by atoms with Crippen molar-refractivity contribution in [3.05, 3.63) is 73.5 Å². The lowest BCUT2D eigenvalue weighted by molar-refractivity contribution is 0.0520. The van der Waals surface area contributed by atoms with Crippen LogP contribution in [0.3, 0.4) is 0 Å². The van der Waals surface area contributed by atoms with Crippen molar-refractivity contribution >= 4 is 17.0 Å². The zero-order chi connectivity index (χ0) is 23.6. The lowest BCUT2D eigenvalue weighted by Crippen LogP contribution is -2.35. The van der Waals surface area contributed by atoms with E-state index < -0.39 is 28.3 Å². The topological polar surface area (TPSA) is 101 Å². The second-order valence-electron chi connectivity index (χ2n) is 8.52. The molecule has 0 spiro atoms. The van der Waals surface area contributed by atoms with Gasteiger partial charge in [-0.1, -0.05) is 32.9 Å². The van der Waals surface area contributed by atoms with E-state index in [4.69, 9.17) is 4.74 Å². The second-order valence-corrected chi connectivity index (χ2v) is 8.52. The Labute approximate surface area is 184 Å². The maximum absolute atomic E-state index is 13.4. The van der Waals surface area contributed by atoms with Gasteiger partial charge in [-0.05, 0) is 36.5 Å². The van der Waals surface area contributed by atoms with Crippen molar-refractivity contribution in [2.45, 2.75) is 47.1 Å². The Hall–Kier alpha value is -3.42. The van der Waals surface area contributed by atoms with Crippen molar-refractivity contribution in [2.75, 3.05) is 6.61 Å². The smallest absolute Gasteiger partial charge is 0.347 e. The maximum atomic E-state index is 13.4. The highest BCUT2D eigenvalue weighted by Gasteiger charge is 2.28. The number of aromatic nitrogens is 2. The predicted molar refractivity (Wildman–Crippen MR) is 120 cm³/mol. The molecule has 0 aliphatic carbocycles. The standard InChI is InChI=1S/C24H27FN2O5/c1-5-24(3,4)13-27-19-18(21(29)17(22(27)30)23(31)32-6-2)26-12-15(20(19)28)11-14-7-9-16(25)10-8-14/h7-10,12,29H,5-6,11,13H2,1-4H3,(H,26,28). The largest absolute Gasteiger partial charge is 0.505 e. The summed E-state index contributed by atoms with van der Waals surface area (Å²) in [6, 6.07) is 5.77. The molecule has 0 atom stereocenters. The van der Waals surface area contributed by atoms with Crippen LogP contribution in [0.25, 0.3) is 11.0 Å². The highest BCUT2D eigenvalue weighted by Crippen LogP contribution is 2.28. The van der Waals surface area contributed by atoms with Crippen molar-refractivity contribution < 1.29 is 19.0 Å². The molecule has 2 N–H and O–H groups in total. The average molecular weight is 442 g/mol. The molecule has 3 rings (SSSR count). The summed E-state index contributed by atoms with van der Waals surface area (Å²) in [4.78, 5) is 42.0. The number of rotatable bonds is 7. The van der Waals surface area contributed by atoms with Gasteiger partial charge in [-0.3, -0.25) is 9.59 Å². The second kappa shape index (κ2) is 8.98. The van der Waals surface area contributed by atoms with Crippen LogP contribution in [-0.2, 0) is 17.7 Å². The minimum absolute atomic E-state index is 0.00703. The fourth-order valence-electron chi connectivity index (χ4n) is 3.49. The van der Waals surface area contributed by atoms with Gasteiger partial charge in [0, 0.05) is 24.7 Å². The van der Waals surface area contributed by atoms with Crippen molar-refractivity contribution in [3.63, 3.8) is 0 Å². The number of hydrogen-bond acceptors (Lipinski definition) is 5. The van der Waals surface area contributed by atoms with Crippen LogP contribution in [0.5, 0.6) is 5.75 Å². The number of esters is 1. The number of carbonyl (C=O) groups excluding carboxylic acids is 1. The van der Waals surface area contributed by atoms with Crippen LogP contribution in [-0.4, -0.2) is 27.2 Å². The summed E-state index contributed by atoms with van der Waals surface area (Å²) in [5.41, 5.74) is -1.06. The Bertz CT molecular complexity index is 1270. The van der Waals surface area contributed by atoms with E-state index in [-0.39, 0.29) is 41.8 Å². The van der Waals surface area contributed by atoms with Crippen molar-refractivity contribution in [3.8, 4) is 5.75 Å². The lowest BCUT2D eigenvalue weighted by atomic mass is 9.90. The van der Waals surface area contributed by atoms with Crippen LogP contribution in [0.1, 0.15) is 55.6 Å². The van der Waals surface area contributed by atoms with Gasteiger partial charge in [-0.2, -0.15) is 0 Å². The summed E-state index contributed by atoms with van der Waals surface area (Å²) < 4.78 is 19.4. The molecule has 1 aromatic carbocycles. The molecule has 8 heteroatoms. The molecule has 0 fully saturated rings. The van der Waals surface area contributed by atoms with E-state index in [1.165, 1.54) is 22.9 Å². The van der Waals surface area contributed by atoms with Crippen LogP contribution in [0.2, 0.25) is 0 Å². The summed E-state index contributed by atoms with van der Waals surface area (Å²) >= 11 is 0. The van der Waals surface area contributed by atoms with Crippen LogP contribution < -0.4 is 11.0 Å². The summed E-state index contributed by atoms with van der Waals surface area (Å²) in [7, 11) is 0. The number of pyridine rings is 2. The first-order valence-electron chi connectivity index (χ1n) is 10.5. The molecule has 0 aliphatic rings. The molecule has 0 saturated carbocycles. The van der Waals surface area contributed by atoms with Gasteiger partial charge in [0.25, 0.3) is 5.56 Å². The number of aromatic hydroxyl groups is 1. The van der Waals surface area contributed by atoms with Gasteiger partial charge in [0.15, 0.2) is 11.3 Å². The lowest BCUT2D eigenvalue weighted by Gasteiger charge is -2.25. The van der Waals surface area contributed by atoms with Crippen molar-refractivity contribution in [2.24, 2.45) is 5.41 Å². The number of benzene rings is 1. The van der Waals surface area contributed by atoms with Gasteiger partial charge in [0.2, 0.25) is 5.43 Å². The van der Waals surface area contributed by atoms with E-state index in [1.54, 1.807) is 19.1 Å². The van der Waals surface area contributed by atoms with Crippen LogP contribution in [0, 0.1) is 11.2 Å². The van der Waals surface area contributed by atoms with E-state index in [1.807, 2.05) is 20.8 Å². The minimum Gasteiger partial charge on any atom is -0.505 e. The first-order chi connectivity index (χ1) is 15.1. The number of carbonyl (C=O) groups is 1. The highest BCUT2D eigenvalue weighted by atomic mass is 19.1. The van der Waals surface area contributed by atoms with E-state index in [0.717, 1.165) is 0 Å². The first-order valence-corrected chi connectivity index (χ1v) is 10.5. The number of fused-ring (bicyclic) bond motifs is 1. The molecule has 0 radical (unpaired) electrons. The molecule has 0 unspecified atom stereocenters. The van der Waals surface area contributed by atoms with E-state index >= 15 is 0 Å². The molecule has 170 valence electrons. The summed E-state index contributed by atoms with van der Waals surface area (Å²) in [5, 5.41) is 10.7. The van der Waals surface area contributed by atoms with Crippen LogP contribution in [0.4, 0.5) is 4.39 Å². The number of aromatic amines is 1. The van der Waals surface area contributed by atoms with Crippen molar-refractivity contribution in [1.29, 1.82) is 0 Å². The molecule has 2 heterocycles. The Balaban J connectivity index is 2.30. The molecule has 0 aliphatic heterocycles. The Morgan fingerprint density at radius 3 is 2.44 bits per heavy atom. The zero-order valence-electron chi connectivity index (χ0n) is 18.6. The van der Waals surface area contributed by atoms with Crippen molar-refractivity contribution in [1.82, 2.24) is 9.55 Å². The quantitative estimate of drug-likeness (QED) is 0.543. The third kappa shape index (κ3) is 4.44. The SMILES string of the molecule is CCOC(=O)c1c(O)c2[nH]cc(Cc3ccc(F)cc3)c(=O)c2n(CC(C)(C)CC)c1=O. The Morgan fingerprint density at radius 2 is 1.84 bits per heavy atom. The number of H-pyrrole nitrogens is 1. The molecule has 3 aromatic rings. The zero-order valence-corrected chi connectivity index (χ0v) is 18.6. The molecule has 0 saturated heterocycles.